The molecule has 1 N–H and O–H groups in total. The fourth-order valence-electron chi connectivity index (χ4n) is 2.43. The number of rotatable bonds is 6. The molecule has 1 aliphatic rings. The third kappa shape index (κ3) is 3.35. The Labute approximate surface area is 128 Å². The van der Waals surface area contributed by atoms with E-state index in [1.54, 1.807) is 6.20 Å². The number of nitrogens with zero attached hydrogens (tertiary/aromatic N) is 3. The Bertz CT molecular complexity index is 648. The van der Waals surface area contributed by atoms with E-state index in [4.69, 9.17) is 11.6 Å². The number of aryl methyl sites for hydroxylation is 1. The molecule has 1 unspecified atom stereocenters. The summed E-state index contributed by atoms with van der Waals surface area (Å²) < 4.78 is 2.03. The number of alkyl halides is 1. The maximum atomic E-state index is 11.7. The van der Waals surface area contributed by atoms with Crippen molar-refractivity contribution >= 4 is 28.7 Å². The zero-order valence-corrected chi connectivity index (χ0v) is 12.8. The topological polar surface area (TPSA) is 59.8 Å². The van der Waals surface area contributed by atoms with Crippen LogP contribution in [0.4, 0.5) is 0 Å². The van der Waals surface area contributed by atoms with E-state index in [9.17, 15) is 4.79 Å². The third-order valence-electron chi connectivity index (χ3n) is 3.62. The highest BCUT2D eigenvalue weighted by atomic mass is 35.5. The van der Waals surface area contributed by atoms with Crippen molar-refractivity contribution in [2.75, 3.05) is 0 Å². The van der Waals surface area contributed by atoms with Gasteiger partial charge >= 0.3 is 0 Å². The lowest BCUT2D eigenvalue weighted by Gasteiger charge is -2.10. The number of imidazole rings is 1. The average molecular weight is 307 g/mol. The van der Waals surface area contributed by atoms with Gasteiger partial charge in [-0.3, -0.25) is 4.79 Å². The second-order valence-corrected chi connectivity index (χ2v) is 6.18. The zero-order valence-electron chi connectivity index (χ0n) is 12.1. The van der Waals surface area contributed by atoms with Crippen molar-refractivity contribution in [2.24, 2.45) is 0 Å². The average Bonchev–Trinajstić information content (AvgIpc) is 3.18. The molecule has 0 aromatic carbocycles. The van der Waals surface area contributed by atoms with Gasteiger partial charge in [0.05, 0.1) is 5.38 Å². The Kier molecular flexibility index (Phi) is 4.10. The normalized spacial score (nSPS) is 16.1. The molecule has 5 nitrogen and oxygen atoms in total. The highest BCUT2D eigenvalue weighted by molar-refractivity contribution is 6.20. The van der Waals surface area contributed by atoms with E-state index in [-0.39, 0.29) is 11.3 Å². The quantitative estimate of drug-likeness (QED) is 0.835. The number of carbonyl (C=O) groups excluding carboxylic acids is 1. The molecule has 0 bridgehead atoms. The van der Waals surface area contributed by atoms with Gasteiger partial charge in [0.2, 0.25) is 5.91 Å². The predicted molar refractivity (Wildman–Crippen MR) is 82.2 cm³/mol. The fraction of sp³-hybridized carbons (Fsp3) is 0.533. The van der Waals surface area contributed by atoms with Gasteiger partial charge in [0.25, 0.3) is 0 Å². The second-order valence-electron chi connectivity index (χ2n) is 5.53. The predicted octanol–water partition coefficient (Wildman–Crippen LogP) is 2.79. The first kappa shape index (κ1) is 14.3. The van der Waals surface area contributed by atoms with Crippen molar-refractivity contribution in [1.82, 2.24) is 19.9 Å². The summed E-state index contributed by atoms with van der Waals surface area (Å²) in [6.07, 6.45) is 5.28. The van der Waals surface area contributed by atoms with Crippen LogP contribution in [0, 0.1) is 0 Å². The van der Waals surface area contributed by atoms with Crippen LogP contribution in [-0.2, 0) is 11.3 Å². The van der Waals surface area contributed by atoms with Crippen molar-refractivity contribution in [3.05, 3.63) is 24.2 Å². The molecule has 2 aromatic heterocycles. The lowest BCUT2D eigenvalue weighted by atomic mass is 10.3. The van der Waals surface area contributed by atoms with Crippen LogP contribution in [0.1, 0.15) is 43.8 Å². The number of fused-ring (bicyclic) bond motifs is 1. The Balaban J connectivity index is 1.69. The summed E-state index contributed by atoms with van der Waals surface area (Å²) in [6, 6.07) is 4.22. The van der Waals surface area contributed by atoms with Crippen molar-refractivity contribution in [3.63, 3.8) is 0 Å². The largest absolute Gasteiger partial charge is 0.353 e. The highest BCUT2D eigenvalue weighted by Crippen LogP contribution is 2.24. The van der Waals surface area contributed by atoms with Crippen LogP contribution < -0.4 is 5.32 Å². The maximum Gasteiger partial charge on any atom is 0.220 e. The summed E-state index contributed by atoms with van der Waals surface area (Å²) in [7, 11) is 0. The first-order valence-corrected chi connectivity index (χ1v) is 7.83. The van der Waals surface area contributed by atoms with Gasteiger partial charge in [0, 0.05) is 25.2 Å². The van der Waals surface area contributed by atoms with Gasteiger partial charge in [-0.25, -0.2) is 9.97 Å². The van der Waals surface area contributed by atoms with E-state index in [2.05, 4.69) is 15.3 Å². The van der Waals surface area contributed by atoms with E-state index in [1.807, 2.05) is 23.6 Å². The SMILES string of the molecule is CC(Cl)c1nc2cccnc2n1CCCC(=O)NC1CC1. The molecule has 3 rings (SSSR count). The molecule has 1 atom stereocenters. The van der Waals surface area contributed by atoms with Crippen molar-refractivity contribution < 1.29 is 4.79 Å². The highest BCUT2D eigenvalue weighted by Gasteiger charge is 2.23. The number of aromatic nitrogens is 3. The molecule has 21 heavy (non-hydrogen) atoms. The van der Waals surface area contributed by atoms with Gasteiger partial charge in [-0.2, -0.15) is 0 Å². The lowest BCUT2D eigenvalue weighted by Crippen LogP contribution is -2.25. The second kappa shape index (κ2) is 6.02. The molecule has 1 aliphatic carbocycles. The minimum atomic E-state index is -0.181. The summed E-state index contributed by atoms with van der Waals surface area (Å²) in [5.74, 6) is 0.948. The molecule has 1 fully saturated rings. The van der Waals surface area contributed by atoms with Gasteiger partial charge in [0.15, 0.2) is 5.65 Å². The maximum absolute atomic E-state index is 11.7. The molecular formula is C15H19ClN4O. The summed E-state index contributed by atoms with van der Waals surface area (Å²) in [5.41, 5.74) is 1.69. The van der Waals surface area contributed by atoms with E-state index < -0.39 is 0 Å². The van der Waals surface area contributed by atoms with Gasteiger partial charge in [-0.1, -0.05) is 0 Å². The van der Waals surface area contributed by atoms with E-state index >= 15 is 0 Å². The van der Waals surface area contributed by atoms with Crippen LogP contribution in [0.15, 0.2) is 18.3 Å². The minimum Gasteiger partial charge on any atom is -0.353 e. The Morgan fingerprint density at radius 1 is 1.57 bits per heavy atom. The molecule has 6 heteroatoms. The molecule has 2 aromatic rings. The third-order valence-corrected chi connectivity index (χ3v) is 3.81. The minimum absolute atomic E-state index is 0.135. The molecule has 1 amide bonds. The molecule has 2 heterocycles. The monoisotopic (exact) mass is 306 g/mol. The summed E-state index contributed by atoms with van der Waals surface area (Å²) in [5, 5.41) is 2.82. The number of carbonyl (C=O) groups is 1. The Morgan fingerprint density at radius 3 is 3.10 bits per heavy atom. The zero-order chi connectivity index (χ0) is 14.8. The molecular weight excluding hydrogens is 288 g/mol. The first-order valence-electron chi connectivity index (χ1n) is 7.39. The number of amides is 1. The Morgan fingerprint density at radius 2 is 2.38 bits per heavy atom. The molecule has 0 aliphatic heterocycles. The van der Waals surface area contributed by atoms with Crippen LogP contribution in [0.25, 0.3) is 11.2 Å². The number of hydrogen-bond donors (Lipinski definition) is 1. The van der Waals surface area contributed by atoms with Crippen molar-refractivity contribution in [3.8, 4) is 0 Å². The summed E-state index contributed by atoms with van der Waals surface area (Å²) >= 11 is 6.21. The smallest absolute Gasteiger partial charge is 0.220 e. The van der Waals surface area contributed by atoms with E-state index in [0.717, 1.165) is 36.3 Å². The van der Waals surface area contributed by atoms with Gasteiger partial charge in [-0.05, 0) is 38.3 Å². The van der Waals surface area contributed by atoms with Gasteiger partial charge in [0.1, 0.15) is 11.3 Å². The summed E-state index contributed by atoms with van der Waals surface area (Å²) in [6.45, 7) is 2.61. The molecule has 112 valence electrons. The first-order chi connectivity index (χ1) is 10.1. The molecule has 0 radical (unpaired) electrons. The van der Waals surface area contributed by atoms with Crippen LogP contribution >= 0.6 is 11.6 Å². The van der Waals surface area contributed by atoms with Crippen molar-refractivity contribution in [2.45, 2.75) is 50.6 Å². The number of nitrogens with one attached hydrogen (secondary N) is 1. The van der Waals surface area contributed by atoms with Crippen molar-refractivity contribution in [1.29, 1.82) is 0 Å². The standard InChI is InChI=1S/C15H19ClN4O/c1-10(16)14-19-12-4-2-8-17-15(12)20(14)9-3-5-13(21)18-11-6-7-11/h2,4,8,10-11H,3,5-7,9H2,1H3,(H,18,21). The molecule has 1 saturated carbocycles. The Hall–Kier alpha value is -1.62. The number of halogens is 1. The molecule has 0 saturated heterocycles. The molecule has 0 spiro atoms. The van der Waals surface area contributed by atoms with Gasteiger partial charge in [-0.15, -0.1) is 11.6 Å². The fourth-order valence-corrected chi connectivity index (χ4v) is 2.59. The van der Waals surface area contributed by atoms with Crippen LogP contribution in [0.2, 0.25) is 0 Å². The van der Waals surface area contributed by atoms with Crippen LogP contribution in [0.5, 0.6) is 0 Å². The number of pyridine rings is 1. The van der Waals surface area contributed by atoms with E-state index in [1.165, 1.54) is 0 Å². The lowest BCUT2D eigenvalue weighted by molar-refractivity contribution is -0.121. The number of hydrogen-bond acceptors (Lipinski definition) is 3. The van der Waals surface area contributed by atoms with E-state index in [0.29, 0.717) is 19.0 Å². The van der Waals surface area contributed by atoms with Crippen LogP contribution in [0.3, 0.4) is 0 Å². The summed E-state index contributed by atoms with van der Waals surface area (Å²) in [4.78, 5) is 20.6. The van der Waals surface area contributed by atoms with Crippen LogP contribution in [-0.4, -0.2) is 26.5 Å². The van der Waals surface area contributed by atoms with Gasteiger partial charge < -0.3 is 9.88 Å².